The number of aryl methyl sites for hydroxylation is 1. The van der Waals surface area contributed by atoms with Gasteiger partial charge in [-0.3, -0.25) is 0 Å². The Hall–Kier alpha value is -2.34. The molecule has 0 aliphatic carbocycles. The maximum atomic E-state index is 5.76. The van der Waals surface area contributed by atoms with E-state index in [0.717, 1.165) is 24.5 Å². The molecule has 0 N–H and O–H groups in total. The predicted molar refractivity (Wildman–Crippen MR) is 85.7 cm³/mol. The Morgan fingerprint density at radius 3 is 2.83 bits per heavy atom. The van der Waals surface area contributed by atoms with E-state index in [4.69, 9.17) is 14.2 Å². The largest absolute Gasteiger partial charge is 1.00 e. The minimum absolute atomic E-state index is 0. The Kier molecular flexibility index (Phi) is 6.37. The van der Waals surface area contributed by atoms with Crippen molar-refractivity contribution in [1.29, 1.82) is 0 Å². The van der Waals surface area contributed by atoms with Gasteiger partial charge in [-0.25, -0.2) is 9.13 Å². The van der Waals surface area contributed by atoms with E-state index in [2.05, 4.69) is 9.47 Å². The summed E-state index contributed by atoms with van der Waals surface area (Å²) < 4.78 is 20.7. The van der Waals surface area contributed by atoms with Crippen molar-refractivity contribution in [3.8, 4) is 5.75 Å². The van der Waals surface area contributed by atoms with E-state index in [1.54, 1.807) is 6.26 Å². The average molecular weight is 352 g/mol. The van der Waals surface area contributed by atoms with Gasteiger partial charge in [-0.2, -0.15) is 0 Å². The molecule has 1 aliphatic rings. The third kappa shape index (κ3) is 4.14. The van der Waals surface area contributed by atoms with Crippen LogP contribution in [0.3, 0.4) is 0 Å². The highest BCUT2D eigenvalue weighted by molar-refractivity contribution is 5.61. The Morgan fingerprint density at radius 2 is 2.17 bits per heavy atom. The van der Waals surface area contributed by atoms with Gasteiger partial charge in [0.05, 0.1) is 25.9 Å². The lowest BCUT2D eigenvalue weighted by Gasteiger charge is -2.25. The molecule has 0 fully saturated rings. The minimum Gasteiger partial charge on any atom is -1.00 e. The Bertz CT molecular complexity index is 687. The molecular weight excluding hydrogens is 330 g/mol. The molecule has 0 saturated heterocycles. The van der Waals surface area contributed by atoms with Gasteiger partial charge in [0.1, 0.15) is 31.0 Å². The summed E-state index contributed by atoms with van der Waals surface area (Å²) in [7, 11) is 2.01. The third-order valence-corrected chi connectivity index (χ3v) is 3.59. The van der Waals surface area contributed by atoms with Crippen LogP contribution in [0.25, 0.3) is 0 Å². The Labute approximate surface area is 148 Å². The molecule has 2 heterocycles. The minimum atomic E-state index is 0. The molecule has 3 rings (SSSR count). The number of aromatic nitrogens is 2. The number of ether oxygens (including phenoxy) is 3. The molecule has 1 aromatic heterocycles. The van der Waals surface area contributed by atoms with E-state index >= 15 is 0 Å². The van der Waals surface area contributed by atoms with E-state index < -0.39 is 0 Å². The highest BCUT2D eigenvalue weighted by atomic mass is 35.5. The number of hydrogen-bond donors (Lipinski definition) is 0. The first-order chi connectivity index (χ1) is 11.3. The SMILES string of the molecule is CCOc1ccccc1N(CCn1cc[n+](C)c1)C1=COCO1.[Cl-]. The van der Waals surface area contributed by atoms with Crippen molar-refractivity contribution in [2.45, 2.75) is 13.5 Å². The first kappa shape index (κ1) is 18.0. The monoisotopic (exact) mass is 351 g/mol. The van der Waals surface area contributed by atoms with Crippen LogP contribution in [0.4, 0.5) is 5.69 Å². The van der Waals surface area contributed by atoms with Gasteiger partial charge in [0.15, 0.2) is 0 Å². The molecule has 24 heavy (non-hydrogen) atoms. The van der Waals surface area contributed by atoms with Crippen molar-refractivity contribution >= 4 is 5.69 Å². The number of imidazole rings is 1. The van der Waals surface area contributed by atoms with Crippen LogP contribution in [0.15, 0.2) is 55.1 Å². The first-order valence-corrected chi connectivity index (χ1v) is 7.73. The summed E-state index contributed by atoms with van der Waals surface area (Å²) in [4.78, 5) is 2.08. The second-order valence-electron chi connectivity index (χ2n) is 5.25. The number of hydrogen-bond acceptors (Lipinski definition) is 4. The molecule has 2 aromatic rings. The number of halogens is 1. The van der Waals surface area contributed by atoms with Gasteiger partial charge in [-0.05, 0) is 19.1 Å². The standard InChI is InChI=1S/C17H22N3O3.ClH/c1-3-22-16-7-5-4-6-15(16)20(17-12-21-14-23-17)11-10-19-9-8-18(2)13-19;/h4-9,12-13H,3,10-11,14H2,1-2H3;1H/q+1;/p-1. The lowest BCUT2D eigenvalue weighted by molar-refractivity contribution is -0.671. The summed E-state index contributed by atoms with van der Waals surface area (Å²) in [6.45, 7) is 4.42. The van der Waals surface area contributed by atoms with Gasteiger partial charge in [-0.1, -0.05) is 12.1 Å². The molecule has 0 radical (unpaired) electrons. The fraction of sp³-hybridized carbons (Fsp3) is 0.353. The van der Waals surface area contributed by atoms with Crippen LogP contribution in [0.1, 0.15) is 6.92 Å². The van der Waals surface area contributed by atoms with Crippen LogP contribution in [0.2, 0.25) is 0 Å². The molecule has 1 aliphatic heterocycles. The molecule has 1 aromatic carbocycles. The van der Waals surface area contributed by atoms with Crippen LogP contribution in [-0.4, -0.2) is 24.5 Å². The van der Waals surface area contributed by atoms with Gasteiger partial charge >= 0.3 is 0 Å². The number of nitrogens with zero attached hydrogens (tertiary/aromatic N) is 3. The molecular formula is C17H22ClN3O3. The second-order valence-corrected chi connectivity index (χ2v) is 5.25. The zero-order valence-electron chi connectivity index (χ0n) is 13.9. The summed E-state index contributed by atoms with van der Waals surface area (Å²) >= 11 is 0. The van der Waals surface area contributed by atoms with Gasteiger partial charge in [0.2, 0.25) is 19.0 Å². The summed E-state index contributed by atoms with van der Waals surface area (Å²) in [5.74, 6) is 1.54. The van der Waals surface area contributed by atoms with E-state index in [1.165, 1.54) is 0 Å². The molecule has 0 atom stereocenters. The summed E-state index contributed by atoms with van der Waals surface area (Å²) in [6, 6.07) is 7.97. The van der Waals surface area contributed by atoms with Crippen molar-refractivity contribution < 1.29 is 31.2 Å². The Morgan fingerprint density at radius 1 is 1.33 bits per heavy atom. The van der Waals surface area contributed by atoms with Crippen molar-refractivity contribution in [2.24, 2.45) is 7.05 Å². The van der Waals surface area contributed by atoms with Crippen molar-refractivity contribution in [2.75, 3.05) is 24.8 Å². The fourth-order valence-corrected chi connectivity index (χ4v) is 2.53. The number of rotatable bonds is 7. The summed E-state index contributed by atoms with van der Waals surface area (Å²) in [5, 5.41) is 0. The zero-order valence-corrected chi connectivity index (χ0v) is 14.6. The molecule has 6 nitrogen and oxygen atoms in total. The lowest BCUT2D eigenvalue weighted by Crippen LogP contribution is -3.00. The smallest absolute Gasteiger partial charge is 0.243 e. The van der Waals surface area contributed by atoms with Crippen LogP contribution in [0.5, 0.6) is 5.75 Å². The van der Waals surface area contributed by atoms with Gasteiger partial charge in [0.25, 0.3) is 0 Å². The molecule has 0 amide bonds. The highest BCUT2D eigenvalue weighted by Gasteiger charge is 2.21. The number of anilines is 1. The van der Waals surface area contributed by atoms with E-state index in [-0.39, 0.29) is 19.2 Å². The van der Waals surface area contributed by atoms with Crippen LogP contribution in [0, 0.1) is 0 Å². The second kappa shape index (κ2) is 8.49. The molecule has 0 bridgehead atoms. The van der Waals surface area contributed by atoms with E-state index in [9.17, 15) is 0 Å². The molecule has 130 valence electrons. The molecule has 0 saturated carbocycles. The number of para-hydroxylation sites is 2. The van der Waals surface area contributed by atoms with Crippen LogP contribution < -0.4 is 26.6 Å². The Balaban J connectivity index is 0.00000208. The first-order valence-electron chi connectivity index (χ1n) is 7.73. The zero-order chi connectivity index (χ0) is 16.1. The molecule has 0 unspecified atom stereocenters. The van der Waals surface area contributed by atoms with Gasteiger partial charge in [-0.15, -0.1) is 0 Å². The van der Waals surface area contributed by atoms with Crippen molar-refractivity contribution in [1.82, 2.24) is 4.57 Å². The quantitative estimate of drug-likeness (QED) is 0.602. The molecule has 0 spiro atoms. The highest BCUT2D eigenvalue weighted by Crippen LogP contribution is 2.32. The predicted octanol–water partition coefficient (Wildman–Crippen LogP) is -0.975. The van der Waals surface area contributed by atoms with Crippen LogP contribution >= 0.6 is 0 Å². The van der Waals surface area contributed by atoms with Crippen molar-refractivity contribution in [3.63, 3.8) is 0 Å². The average Bonchev–Trinajstić information content (AvgIpc) is 3.21. The maximum absolute atomic E-state index is 5.76. The normalized spacial score (nSPS) is 12.7. The fourth-order valence-electron chi connectivity index (χ4n) is 2.53. The van der Waals surface area contributed by atoms with Gasteiger partial charge in [0, 0.05) is 0 Å². The van der Waals surface area contributed by atoms with Crippen LogP contribution in [-0.2, 0) is 23.1 Å². The summed E-state index contributed by atoms with van der Waals surface area (Å²) in [5.41, 5.74) is 0.975. The molecule has 7 heteroatoms. The topological polar surface area (TPSA) is 39.7 Å². The summed E-state index contributed by atoms with van der Waals surface area (Å²) in [6.07, 6.45) is 7.77. The van der Waals surface area contributed by atoms with Crippen molar-refractivity contribution in [3.05, 3.63) is 55.1 Å². The third-order valence-electron chi connectivity index (χ3n) is 3.59. The lowest BCUT2D eigenvalue weighted by atomic mass is 10.2. The van der Waals surface area contributed by atoms with E-state index in [0.29, 0.717) is 12.5 Å². The van der Waals surface area contributed by atoms with E-state index in [1.807, 2.05) is 61.5 Å². The number of benzene rings is 1. The maximum Gasteiger partial charge on any atom is 0.243 e. The van der Waals surface area contributed by atoms with Gasteiger partial charge < -0.3 is 31.5 Å².